The Bertz CT molecular complexity index is 2400. The molecule has 3 N–H and O–H groups in total. The number of rotatable bonds is 8. The van der Waals surface area contributed by atoms with Crippen LogP contribution in [0.1, 0.15) is 92.2 Å². The lowest BCUT2D eigenvalue weighted by atomic mass is 9.84. The molecule has 0 spiro atoms. The Morgan fingerprint density at radius 2 is 1.83 bits per heavy atom. The quantitative estimate of drug-likeness (QED) is 0.231. The molecule has 4 aliphatic rings. The van der Waals surface area contributed by atoms with Gasteiger partial charge in [0.1, 0.15) is 29.3 Å². The molecule has 19 heteroatoms. The molecule has 0 unspecified atom stereocenters. The Balaban J connectivity index is 1.32. The smallest absolute Gasteiger partial charge is 0.408 e. The molecule has 7 rings (SSSR count). The molecule has 2 aliphatic heterocycles. The van der Waals surface area contributed by atoms with Crippen molar-refractivity contribution in [2.45, 2.75) is 133 Å². The molecule has 7 atom stereocenters. The van der Waals surface area contributed by atoms with Crippen molar-refractivity contribution in [1.29, 1.82) is 0 Å². The zero-order valence-corrected chi connectivity index (χ0v) is 36.2. The number of carboxylic acid groups (broad SMARTS) is 1. The van der Waals surface area contributed by atoms with Gasteiger partial charge in [-0.3, -0.25) is 28.4 Å². The van der Waals surface area contributed by atoms with Crippen molar-refractivity contribution < 1.29 is 46.2 Å². The number of carbonyl (C=O) groups is 4. The summed E-state index contributed by atoms with van der Waals surface area (Å²) in [7, 11) is -4.10. The van der Waals surface area contributed by atoms with Gasteiger partial charge in [0.2, 0.25) is 33.5 Å². The van der Waals surface area contributed by atoms with Crippen LogP contribution in [0.2, 0.25) is 5.02 Å². The molecule has 2 aliphatic carbocycles. The lowest BCUT2D eigenvalue weighted by Gasteiger charge is -2.47. The third kappa shape index (κ3) is 7.77. The second-order valence-electron chi connectivity index (χ2n) is 18.1. The number of aryl methyl sites for hydroxylation is 1. The minimum atomic E-state index is -4.10. The summed E-state index contributed by atoms with van der Waals surface area (Å²) in [5.74, 6) is -7.34. The number of carbonyl (C=O) groups excluding carboxylic acids is 3. The summed E-state index contributed by atoms with van der Waals surface area (Å²) in [4.78, 5) is 67.9. The molecule has 3 aromatic rings. The van der Waals surface area contributed by atoms with Crippen LogP contribution in [0.15, 0.2) is 36.5 Å². The standard InChI is InChI=1S/C41H52ClF2N7O8S/c1-22-10-8-9-11-25-19-41(25,35(54)48-60(57,58)39(6)14-15-39)47-32(52)30-18-27(59-33-28-17-26(42)12-13-29(28)50-20-24(3)45-36(50)46-33)21-49(30)34(53)31(23(2)16-22)51(37(55)56)38(4,5)40(7,43)44/h9,11-13,17,20,22-23,25,27,30-31H,8,10,14-16,18-19,21H2,1-7H3,(H,47,52)(H,48,54)(H,55,56)/b11-9-/t22-,23-,25-,27-,30+,31+,41-/m1/s1. The number of hydrogen-bond donors (Lipinski definition) is 3. The van der Waals surface area contributed by atoms with E-state index in [4.69, 9.17) is 16.3 Å². The number of sulfonamides is 1. The average Bonchev–Trinajstić information content (AvgIpc) is 3.96. The monoisotopic (exact) mass is 875 g/mol. The summed E-state index contributed by atoms with van der Waals surface area (Å²) in [6, 6.07) is 2.01. The predicted molar refractivity (Wildman–Crippen MR) is 218 cm³/mol. The highest BCUT2D eigenvalue weighted by atomic mass is 35.5. The number of imidazole rings is 1. The van der Waals surface area contributed by atoms with Crippen LogP contribution < -0.4 is 14.8 Å². The molecule has 4 amide bonds. The second-order valence-corrected chi connectivity index (χ2v) is 20.8. The number of aromatic nitrogens is 3. The molecule has 326 valence electrons. The molecule has 1 aromatic carbocycles. The van der Waals surface area contributed by atoms with E-state index in [1.807, 2.05) is 13.0 Å². The number of amides is 4. The number of ether oxygens (including phenoxy) is 1. The van der Waals surface area contributed by atoms with Gasteiger partial charge in [0, 0.05) is 30.5 Å². The van der Waals surface area contributed by atoms with Crippen LogP contribution in [0.4, 0.5) is 13.6 Å². The highest BCUT2D eigenvalue weighted by Crippen LogP contribution is 2.48. The van der Waals surface area contributed by atoms with Gasteiger partial charge in [0.15, 0.2) is 0 Å². The Kier molecular flexibility index (Phi) is 10.9. The van der Waals surface area contributed by atoms with Crippen LogP contribution in [-0.4, -0.2) is 108 Å². The predicted octanol–water partition coefficient (Wildman–Crippen LogP) is 5.86. The van der Waals surface area contributed by atoms with E-state index in [9.17, 15) is 27.9 Å². The summed E-state index contributed by atoms with van der Waals surface area (Å²) in [6.45, 7) is 9.31. The summed E-state index contributed by atoms with van der Waals surface area (Å²) < 4.78 is 66.7. The molecular formula is C41H52ClF2N7O8S. The largest absolute Gasteiger partial charge is 0.472 e. The number of nitrogens with zero attached hydrogens (tertiary/aromatic N) is 5. The number of allylic oxidation sites excluding steroid dienone is 1. The van der Waals surface area contributed by atoms with E-state index >= 15 is 13.6 Å². The SMILES string of the molecule is Cc1cn2c(n1)nc(O[C@@H]1C[C@H]3C(=O)N[C@]4(C(=O)NS(=O)(=O)C5(C)CC5)C[C@H]4/C=C\CC[C@@H](C)C[C@@H](C)[C@H](N(C(=O)O)C(C)(C)C(C)(F)F)C(=O)N3C1)c1cc(Cl)ccc12. The van der Waals surface area contributed by atoms with E-state index in [2.05, 4.69) is 20.0 Å². The van der Waals surface area contributed by atoms with E-state index in [1.165, 1.54) is 6.92 Å². The van der Waals surface area contributed by atoms with Crippen LogP contribution in [0.3, 0.4) is 0 Å². The molecule has 4 heterocycles. The molecular weight excluding hydrogens is 824 g/mol. The van der Waals surface area contributed by atoms with Crippen LogP contribution in [-0.2, 0) is 24.4 Å². The first kappa shape index (κ1) is 43.5. The van der Waals surface area contributed by atoms with Crippen molar-refractivity contribution in [3.63, 3.8) is 0 Å². The molecule has 0 radical (unpaired) electrons. The van der Waals surface area contributed by atoms with Crippen molar-refractivity contribution >= 4 is 62.1 Å². The first-order chi connectivity index (χ1) is 27.9. The van der Waals surface area contributed by atoms with Crippen molar-refractivity contribution in [2.24, 2.45) is 17.8 Å². The Hall–Kier alpha value is -4.58. The van der Waals surface area contributed by atoms with Gasteiger partial charge >= 0.3 is 6.09 Å². The number of hydrogen-bond acceptors (Lipinski definition) is 9. The molecule has 3 fully saturated rings. The second kappa shape index (κ2) is 15.1. The first-order valence-electron chi connectivity index (χ1n) is 20.3. The molecule has 2 aromatic heterocycles. The van der Waals surface area contributed by atoms with Gasteiger partial charge in [-0.15, -0.1) is 0 Å². The summed E-state index contributed by atoms with van der Waals surface area (Å²) in [5.41, 5.74) is -2.74. The number of nitrogens with one attached hydrogen (secondary N) is 2. The first-order valence-corrected chi connectivity index (χ1v) is 22.1. The fourth-order valence-electron chi connectivity index (χ4n) is 8.69. The summed E-state index contributed by atoms with van der Waals surface area (Å²) in [6.07, 6.45) is 4.69. The van der Waals surface area contributed by atoms with Gasteiger partial charge in [-0.1, -0.05) is 37.6 Å². The Morgan fingerprint density at radius 1 is 1.13 bits per heavy atom. The highest BCUT2D eigenvalue weighted by molar-refractivity contribution is 7.91. The highest BCUT2D eigenvalue weighted by Gasteiger charge is 2.63. The van der Waals surface area contributed by atoms with E-state index in [1.54, 1.807) is 48.7 Å². The molecule has 60 heavy (non-hydrogen) atoms. The molecule has 15 nitrogen and oxygen atoms in total. The van der Waals surface area contributed by atoms with Crippen molar-refractivity contribution in [1.82, 2.24) is 34.2 Å². The van der Waals surface area contributed by atoms with Crippen LogP contribution in [0.25, 0.3) is 16.7 Å². The van der Waals surface area contributed by atoms with Gasteiger partial charge in [-0.2, -0.15) is 4.98 Å². The minimum Gasteiger partial charge on any atom is -0.472 e. The van der Waals surface area contributed by atoms with Gasteiger partial charge < -0.3 is 20.1 Å². The maximum atomic E-state index is 15.4. The number of alkyl halides is 2. The summed E-state index contributed by atoms with van der Waals surface area (Å²) >= 11 is 6.42. The third-order valence-corrected chi connectivity index (χ3v) is 15.5. The fourth-order valence-corrected chi connectivity index (χ4v) is 10.2. The van der Waals surface area contributed by atoms with Crippen LogP contribution in [0, 0.1) is 24.7 Å². The van der Waals surface area contributed by atoms with Crippen molar-refractivity contribution in [3.8, 4) is 5.88 Å². The Labute approximate surface area is 352 Å². The van der Waals surface area contributed by atoms with E-state index < -0.39 is 85.6 Å². The number of fused-ring (bicyclic) bond motifs is 5. The topological polar surface area (TPSA) is 193 Å². The zero-order chi connectivity index (χ0) is 43.9. The minimum absolute atomic E-state index is 0.0795. The lowest BCUT2D eigenvalue weighted by molar-refractivity contribution is -0.156. The van der Waals surface area contributed by atoms with E-state index in [-0.39, 0.29) is 37.6 Å². The zero-order valence-electron chi connectivity index (χ0n) is 34.7. The normalized spacial score (nSPS) is 29.1. The van der Waals surface area contributed by atoms with Gasteiger partial charge in [0.25, 0.3) is 11.8 Å². The molecule has 0 bridgehead atoms. The van der Waals surface area contributed by atoms with Gasteiger partial charge in [-0.25, -0.2) is 27.0 Å². The molecule has 1 saturated heterocycles. The third-order valence-electron chi connectivity index (χ3n) is 13.1. The van der Waals surface area contributed by atoms with E-state index in [0.717, 1.165) is 18.7 Å². The van der Waals surface area contributed by atoms with Crippen LogP contribution in [0.5, 0.6) is 5.88 Å². The Morgan fingerprint density at radius 3 is 2.48 bits per heavy atom. The van der Waals surface area contributed by atoms with E-state index in [0.29, 0.717) is 64.9 Å². The maximum absolute atomic E-state index is 15.4. The number of halogens is 3. The van der Waals surface area contributed by atoms with Gasteiger partial charge in [-0.05, 0) is 96.3 Å². The fraction of sp³-hybridized carbons (Fsp3) is 0.610. The maximum Gasteiger partial charge on any atom is 0.408 e. The lowest BCUT2D eigenvalue weighted by Crippen LogP contribution is -2.66. The summed E-state index contributed by atoms with van der Waals surface area (Å²) in [5, 5.41) is 14.3. The number of benzene rings is 1. The van der Waals surface area contributed by atoms with Gasteiger partial charge in [0.05, 0.1) is 27.9 Å². The van der Waals surface area contributed by atoms with Crippen LogP contribution >= 0.6 is 11.6 Å². The van der Waals surface area contributed by atoms with Crippen molar-refractivity contribution in [2.75, 3.05) is 6.54 Å². The molecule has 2 saturated carbocycles. The van der Waals surface area contributed by atoms with Crippen molar-refractivity contribution in [3.05, 3.63) is 47.3 Å². The average molecular weight is 876 g/mol.